The number of carbonyl (C=O) groups is 1. The van der Waals surface area contributed by atoms with Crippen molar-refractivity contribution in [2.75, 3.05) is 6.61 Å². The summed E-state index contributed by atoms with van der Waals surface area (Å²) in [4.78, 5) is 32.9. The van der Waals surface area contributed by atoms with Crippen molar-refractivity contribution in [2.45, 2.75) is 26.5 Å². The van der Waals surface area contributed by atoms with Crippen LogP contribution in [-0.2, 0) is 16.1 Å². The van der Waals surface area contributed by atoms with Crippen LogP contribution in [0.5, 0.6) is 5.75 Å². The van der Waals surface area contributed by atoms with Crippen LogP contribution in [0.1, 0.15) is 41.5 Å². The van der Waals surface area contributed by atoms with Crippen LogP contribution in [0.4, 0.5) is 0 Å². The van der Waals surface area contributed by atoms with E-state index in [0.717, 1.165) is 23.1 Å². The van der Waals surface area contributed by atoms with E-state index in [1.54, 1.807) is 30.5 Å². The molecular weight excluding hydrogens is 772 g/mol. The third-order valence-electron chi connectivity index (χ3n) is 6.12. The Labute approximate surface area is 265 Å². The number of ether oxygens (including phenoxy) is 2. The molecule has 7 nitrogen and oxygen atoms in total. The minimum Gasteiger partial charge on any atom is -0.487 e. The summed E-state index contributed by atoms with van der Waals surface area (Å²) in [6.07, 6.45) is 1.83. The second-order valence-corrected chi connectivity index (χ2v) is 13.1. The predicted octanol–water partition coefficient (Wildman–Crippen LogP) is 5.52. The lowest BCUT2D eigenvalue weighted by Gasteiger charge is -2.23. The van der Waals surface area contributed by atoms with E-state index < -0.39 is 12.0 Å². The van der Waals surface area contributed by atoms with Gasteiger partial charge in [0.05, 0.1) is 37.6 Å². The smallest absolute Gasteiger partial charge is 0.338 e. The fourth-order valence-corrected chi connectivity index (χ4v) is 8.23. The molecule has 0 saturated carbocycles. The summed E-state index contributed by atoms with van der Waals surface area (Å²) in [5.74, 6) is 0.191. The zero-order valence-electron chi connectivity index (χ0n) is 21.3. The lowest BCUT2D eigenvalue weighted by Crippen LogP contribution is -2.39. The Bertz CT molecular complexity index is 1850. The molecule has 0 fully saturated rings. The fourth-order valence-electron chi connectivity index (χ4n) is 4.32. The molecule has 0 aliphatic carbocycles. The van der Waals surface area contributed by atoms with Gasteiger partial charge >= 0.3 is 5.97 Å². The summed E-state index contributed by atoms with van der Waals surface area (Å²) >= 11 is 7.25. The normalized spacial score (nSPS) is 14.9. The van der Waals surface area contributed by atoms with E-state index in [0.29, 0.717) is 38.5 Å². The van der Waals surface area contributed by atoms with Gasteiger partial charge in [-0.15, -0.1) is 11.3 Å². The van der Waals surface area contributed by atoms with E-state index in [9.17, 15) is 9.59 Å². The lowest BCUT2D eigenvalue weighted by molar-refractivity contribution is -0.139. The highest BCUT2D eigenvalue weighted by molar-refractivity contribution is 14.1. The number of hydrogen-bond acceptors (Lipinski definition) is 8. The van der Waals surface area contributed by atoms with E-state index in [-0.39, 0.29) is 12.2 Å². The lowest BCUT2D eigenvalue weighted by atomic mass is 10.0. The number of rotatable bonds is 7. The summed E-state index contributed by atoms with van der Waals surface area (Å²) in [6.45, 7) is 4.08. The van der Waals surface area contributed by atoms with Gasteiger partial charge in [-0.2, -0.15) is 5.26 Å². The van der Waals surface area contributed by atoms with Gasteiger partial charge in [-0.25, -0.2) is 9.79 Å². The van der Waals surface area contributed by atoms with Crippen molar-refractivity contribution in [3.8, 4) is 11.8 Å². The van der Waals surface area contributed by atoms with Crippen molar-refractivity contribution < 1.29 is 14.3 Å². The zero-order valence-corrected chi connectivity index (χ0v) is 27.3. The first-order valence-electron chi connectivity index (χ1n) is 12.1. The highest BCUT2D eigenvalue weighted by Gasteiger charge is 2.34. The van der Waals surface area contributed by atoms with Gasteiger partial charge in [0.2, 0.25) is 0 Å². The number of nitriles is 1. The Balaban J connectivity index is 1.60. The molecule has 0 radical (unpaired) electrons. The molecule has 1 aliphatic rings. The number of halogens is 2. The first-order chi connectivity index (χ1) is 19.3. The number of allylic oxidation sites excluding steroid dienone is 1. The van der Waals surface area contributed by atoms with E-state index in [1.807, 2.05) is 47.9 Å². The standard InChI is InChI=1S/C29H21I2N3O4S2/c1-3-37-28(36)24-16(2)33-29-34(25(24)22-5-4-10-39-22)27(35)23(40-29)12-19-11-20(30)13-21(31)26(19)38-15-18-8-6-17(14-32)7-9-18/h4-13,25H,3,15H2,1-2H3/b23-12-/t25-/m0/s1. The zero-order chi connectivity index (χ0) is 28.4. The van der Waals surface area contributed by atoms with Crippen LogP contribution >= 0.6 is 67.9 Å². The number of thiophene rings is 1. The molecule has 0 bridgehead atoms. The molecule has 5 rings (SSSR count). The van der Waals surface area contributed by atoms with Gasteiger partial charge in [0, 0.05) is 14.0 Å². The number of hydrogen-bond donors (Lipinski definition) is 0. The van der Waals surface area contributed by atoms with Crippen LogP contribution in [0.25, 0.3) is 6.08 Å². The molecule has 2 aromatic carbocycles. The van der Waals surface area contributed by atoms with Crippen LogP contribution in [0.3, 0.4) is 0 Å². The minimum atomic E-state index is -0.611. The quantitative estimate of drug-likeness (QED) is 0.182. The summed E-state index contributed by atoms with van der Waals surface area (Å²) in [5.41, 5.74) is 2.97. The Morgan fingerprint density at radius 2 is 2.00 bits per heavy atom. The van der Waals surface area contributed by atoms with Crippen LogP contribution < -0.4 is 19.6 Å². The highest BCUT2D eigenvalue weighted by Crippen LogP contribution is 2.33. The molecule has 0 amide bonds. The second kappa shape index (κ2) is 12.4. The average molecular weight is 793 g/mol. The Morgan fingerprint density at radius 3 is 2.67 bits per heavy atom. The van der Waals surface area contributed by atoms with Crippen molar-refractivity contribution in [1.82, 2.24) is 4.57 Å². The molecule has 0 spiro atoms. The Kier molecular flexibility index (Phi) is 8.89. The van der Waals surface area contributed by atoms with Gasteiger partial charge in [0.25, 0.3) is 5.56 Å². The van der Waals surface area contributed by atoms with E-state index in [2.05, 4.69) is 56.2 Å². The fraction of sp³-hybridized carbons (Fsp3) is 0.172. The summed E-state index contributed by atoms with van der Waals surface area (Å²) < 4.78 is 15.6. The number of nitrogens with zero attached hydrogens (tertiary/aromatic N) is 3. The number of benzene rings is 2. The number of thiazole rings is 1. The molecule has 0 N–H and O–H groups in total. The van der Waals surface area contributed by atoms with E-state index >= 15 is 0 Å². The third kappa shape index (κ3) is 5.81. The molecule has 2 aromatic heterocycles. The minimum absolute atomic E-state index is 0.230. The van der Waals surface area contributed by atoms with E-state index in [4.69, 9.17) is 14.7 Å². The molecule has 3 heterocycles. The summed E-state index contributed by atoms with van der Waals surface area (Å²) in [7, 11) is 0. The SMILES string of the molecule is CCOC(=O)C1=C(C)N=c2s/c(=C\c3cc(I)cc(I)c3OCc3ccc(C#N)cc3)c(=O)n2[C@H]1c1cccs1. The first kappa shape index (κ1) is 28.7. The van der Waals surface area contributed by atoms with Gasteiger partial charge in [-0.05, 0) is 106 Å². The molecule has 0 unspecified atom stereocenters. The molecule has 202 valence electrons. The van der Waals surface area contributed by atoms with Crippen LogP contribution in [0.2, 0.25) is 0 Å². The predicted molar refractivity (Wildman–Crippen MR) is 172 cm³/mol. The molecule has 1 atom stereocenters. The summed E-state index contributed by atoms with van der Waals surface area (Å²) in [5, 5.41) is 11.0. The van der Waals surface area contributed by atoms with Crippen molar-refractivity contribution in [1.29, 1.82) is 5.26 Å². The van der Waals surface area contributed by atoms with Crippen molar-refractivity contribution in [3.63, 3.8) is 0 Å². The van der Waals surface area contributed by atoms with Gasteiger partial charge in [0.1, 0.15) is 18.4 Å². The summed E-state index contributed by atoms with van der Waals surface area (Å²) in [6, 6.07) is 16.6. The van der Waals surface area contributed by atoms with Gasteiger partial charge < -0.3 is 9.47 Å². The molecule has 0 saturated heterocycles. The van der Waals surface area contributed by atoms with Crippen molar-refractivity contribution in [3.05, 3.63) is 114 Å². The maximum atomic E-state index is 13.9. The first-order valence-corrected chi connectivity index (χ1v) is 16.0. The number of esters is 1. The molecule has 1 aliphatic heterocycles. The Morgan fingerprint density at radius 1 is 1.23 bits per heavy atom. The monoisotopic (exact) mass is 793 g/mol. The van der Waals surface area contributed by atoms with Crippen molar-refractivity contribution in [2.24, 2.45) is 4.99 Å². The van der Waals surface area contributed by atoms with Gasteiger partial charge in [0.15, 0.2) is 4.80 Å². The highest BCUT2D eigenvalue weighted by atomic mass is 127. The second-order valence-electron chi connectivity index (χ2n) is 8.72. The maximum absolute atomic E-state index is 13.9. The Hall–Kier alpha value is -2.80. The average Bonchev–Trinajstić information content (AvgIpc) is 3.56. The van der Waals surface area contributed by atoms with Crippen molar-refractivity contribution >= 4 is 79.9 Å². The van der Waals surface area contributed by atoms with Gasteiger partial charge in [-0.3, -0.25) is 9.36 Å². The number of fused-ring (bicyclic) bond motifs is 1. The van der Waals surface area contributed by atoms with Crippen LogP contribution in [-0.4, -0.2) is 17.1 Å². The van der Waals surface area contributed by atoms with Crippen LogP contribution in [0.15, 0.2) is 75.0 Å². The van der Waals surface area contributed by atoms with Crippen LogP contribution in [0, 0.1) is 18.5 Å². The third-order valence-corrected chi connectivity index (χ3v) is 9.45. The topological polar surface area (TPSA) is 93.7 Å². The number of carbonyl (C=O) groups excluding carboxylic acids is 1. The molecule has 4 aromatic rings. The van der Waals surface area contributed by atoms with E-state index in [1.165, 1.54) is 22.7 Å². The maximum Gasteiger partial charge on any atom is 0.338 e. The largest absolute Gasteiger partial charge is 0.487 e. The van der Waals surface area contributed by atoms with Gasteiger partial charge in [-0.1, -0.05) is 29.5 Å². The molecule has 40 heavy (non-hydrogen) atoms. The molecule has 11 heteroatoms. The molecular formula is C29H21I2N3O4S2. The number of aromatic nitrogens is 1.